The minimum absolute atomic E-state index is 0.191. The molecule has 0 saturated carbocycles. The van der Waals surface area contributed by atoms with E-state index in [-0.39, 0.29) is 11.1 Å². The number of rotatable bonds is 5. The van der Waals surface area contributed by atoms with Gasteiger partial charge in [0.2, 0.25) is 0 Å². The lowest BCUT2D eigenvalue weighted by molar-refractivity contribution is 0.0697. The van der Waals surface area contributed by atoms with E-state index in [4.69, 9.17) is 9.84 Å². The summed E-state index contributed by atoms with van der Waals surface area (Å²) in [6, 6.07) is 13.3. The van der Waals surface area contributed by atoms with Gasteiger partial charge in [0.05, 0.1) is 35.7 Å². The average Bonchev–Trinajstić information content (AvgIpc) is 2.62. The number of aromatic carboxylic acids is 1. The van der Waals surface area contributed by atoms with Gasteiger partial charge in [-0.2, -0.15) is 5.10 Å². The van der Waals surface area contributed by atoms with Gasteiger partial charge in [0, 0.05) is 6.07 Å². The van der Waals surface area contributed by atoms with E-state index >= 15 is 0 Å². The van der Waals surface area contributed by atoms with Crippen molar-refractivity contribution in [3.63, 3.8) is 0 Å². The minimum Gasteiger partial charge on any atom is -0.497 e. The Labute approximate surface area is 142 Å². The van der Waals surface area contributed by atoms with Crippen LogP contribution < -0.4 is 15.7 Å². The number of carboxylic acid groups (broad SMARTS) is 1. The molecule has 1 heterocycles. The molecule has 0 unspecified atom stereocenters. The molecule has 7 nitrogen and oxygen atoms in total. The number of ether oxygens (including phenoxy) is 1. The second-order valence-corrected chi connectivity index (χ2v) is 5.26. The summed E-state index contributed by atoms with van der Waals surface area (Å²) in [5.41, 5.74) is 4.37. The van der Waals surface area contributed by atoms with Crippen LogP contribution in [-0.4, -0.2) is 29.4 Å². The summed E-state index contributed by atoms with van der Waals surface area (Å²) in [4.78, 5) is 25.7. The van der Waals surface area contributed by atoms with Crippen LogP contribution in [0.3, 0.4) is 0 Å². The lowest BCUT2D eigenvalue weighted by atomic mass is 10.1. The van der Waals surface area contributed by atoms with E-state index < -0.39 is 5.97 Å². The molecule has 25 heavy (non-hydrogen) atoms. The van der Waals surface area contributed by atoms with Gasteiger partial charge >= 0.3 is 5.97 Å². The van der Waals surface area contributed by atoms with Gasteiger partial charge in [-0.15, -0.1) is 0 Å². The number of carbonyl (C=O) groups is 1. The van der Waals surface area contributed by atoms with E-state index in [1.54, 1.807) is 31.4 Å². The number of hydrazone groups is 1. The molecule has 3 N–H and O–H groups in total. The Kier molecular flexibility index (Phi) is 4.47. The van der Waals surface area contributed by atoms with E-state index in [1.807, 2.05) is 12.1 Å². The third kappa shape index (κ3) is 3.66. The van der Waals surface area contributed by atoms with E-state index in [0.29, 0.717) is 22.5 Å². The van der Waals surface area contributed by atoms with E-state index in [2.05, 4.69) is 15.5 Å². The summed E-state index contributed by atoms with van der Waals surface area (Å²) < 4.78 is 5.13. The molecule has 1 aromatic heterocycles. The lowest BCUT2D eigenvalue weighted by Crippen LogP contribution is -2.12. The highest BCUT2D eigenvalue weighted by atomic mass is 16.5. The Hall–Kier alpha value is -3.61. The van der Waals surface area contributed by atoms with Crippen LogP contribution in [0.4, 0.5) is 5.69 Å². The third-order valence-corrected chi connectivity index (χ3v) is 3.61. The normalized spacial score (nSPS) is 10.9. The molecule has 3 aromatic rings. The molecule has 0 atom stereocenters. The Balaban J connectivity index is 1.79. The first-order chi connectivity index (χ1) is 12.1. The second kappa shape index (κ2) is 6.88. The van der Waals surface area contributed by atoms with Crippen LogP contribution in [0.15, 0.2) is 58.4 Å². The lowest BCUT2D eigenvalue weighted by Gasteiger charge is -2.03. The van der Waals surface area contributed by atoms with Gasteiger partial charge < -0.3 is 14.8 Å². The maximum absolute atomic E-state index is 12.1. The van der Waals surface area contributed by atoms with E-state index in [9.17, 15) is 9.59 Å². The zero-order chi connectivity index (χ0) is 17.8. The minimum atomic E-state index is -0.991. The van der Waals surface area contributed by atoms with Crippen LogP contribution >= 0.6 is 0 Å². The van der Waals surface area contributed by atoms with Gasteiger partial charge in [-0.05, 0) is 47.9 Å². The monoisotopic (exact) mass is 337 g/mol. The molecule has 0 aliphatic heterocycles. The van der Waals surface area contributed by atoms with Crippen molar-refractivity contribution in [2.24, 2.45) is 5.10 Å². The Morgan fingerprint density at radius 3 is 2.64 bits per heavy atom. The van der Waals surface area contributed by atoms with Crippen molar-refractivity contribution in [1.29, 1.82) is 0 Å². The maximum Gasteiger partial charge on any atom is 0.335 e. The molecule has 0 aliphatic carbocycles. The van der Waals surface area contributed by atoms with Gasteiger partial charge in [-0.25, -0.2) is 4.79 Å². The summed E-state index contributed by atoms with van der Waals surface area (Å²) in [6.45, 7) is 0. The number of pyridine rings is 1. The van der Waals surface area contributed by atoms with Gasteiger partial charge in [0.25, 0.3) is 5.56 Å². The number of nitrogens with zero attached hydrogens (tertiary/aromatic N) is 1. The smallest absolute Gasteiger partial charge is 0.335 e. The Morgan fingerprint density at radius 2 is 1.96 bits per heavy atom. The highest BCUT2D eigenvalue weighted by Crippen LogP contribution is 2.18. The van der Waals surface area contributed by atoms with E-state index in [1.165, 1.54) is 18.3 Å². The Morgan fingerprint density at radius 1 is 1.20 bits per heavy atom. The van der Waals surface area contributed by atoms with Gasteiger partial charge in [-0.1, -0.05) is 0 Å². The predicted octanol–water partition coefficient (Wildman–Crippen LogP) is 2.68. The number of hydrogen-bond acceptors (Lipinski definition) is 5. The molecular weight excluding hydrogens is 322 g/mol. The fraction of sp³-hybridized carbons (Fsp3) is 0.0556. The highest BCUT2D eigenvalue weighted by Gasteiger charge is 2.03. The number of benzene rings is 2. The molecule has 3 rings (SSSR count). The van der Waals surface area contributed by atoms with Crippen molar-refractivity contribution in [2.75, 3.05) is 12.5 Å². The number of aromatic amines is 1. The molecule has 0 spiro atoms. The third-order valence-electron chi connectivity index (χ3n) is 3.61. The summed E-state index contributed by atoms with van der Waals surface area (Å²) >= 11 is 0. The average molecular weight is 337 g/mol. The largest absolute Gasteiger partial charge is 0.497 e. The SMILES string of the molecule is COc1ccc2cc(/C=N/Nc3ccc(C(=O)O)cc3)c(=O)[nH]c2c1. The van der Waals surface area contributed by atoms with Crippen molar-refractivity contribution in [2.45, 2.75) is 0 Å². The zero-order valence-electron chi connectivity index (χ0n) is 13.3. The molecule has 7 heteroatoms. The molecule has 0 amide bonds. The van der Waals surface area contributed by atoms with Crippen LogP contribution in [0, 0.1) is 0 Å². The topological polar surface area (TPSA) is 104 Å². The van der Waals surface area contributed by atoms with Crippen LogP contribution in [0.5, 0.6) is 5.75 Å². The molecule has 0 saturated heterocycles. The van der Waals surface area contributed by atoms with Gasteiger partial charge in [0.1, 0.15) is 5.75 Å². The quantitative estimate of drug-likeness (QED) is 0.490. The zero-order valence-corrected chi connectivity index (χ0v) is 13.3. The molecule has 0 radical (unpaired) electrons. The summed E-state index contributed by atoms with van der Waals surface area (Å²) in [5, 5.41) is 13.7. The number of methoxy groups -OCH3 is 1. The number of H-pyrrole nitrogens is 1. The van der Waals surface area contributed by atoms with Crippen molar-refractivity contribution in [3.05, 3.63) is 70.0 Å². The van der Waals surface area contributed by atoms with E-state index in [0.717, 1.165) is 5.39 Å². The molecule has 0 bridgehead atoms. The molecule has 2 aromatic carbocycles. The first kappa shape index (κ1) is 16.3. The maximum atomic E-state index is 12.1. The van der Waals surface area contributed by atoms with Gasteiger partial charge in [-0.3, -0.25) is 10.2 Å². The van der Waals surface area contributed by atoms with Gasteiger partial charge in [0.15, 0.2) is 0 Å². The first-order valence-electron chi connectivity index (χ1n) is 7.40. The van der Waals surface area contributed by atoms with Crippen molar-refractivity contribution >= 4 is 28.8 Å². The Bertz CT molecular complexity index is 1010. The van der Waals surface area contributed by atoms with Crippen LogP contribution in [0.1, 0.15) is 15.9 Å². The first-order valence-corrected chi connectivity index (χ1v) is 7.40. The fourth-order valence-electron chi connectivity index (χ4n) is 2.28. The molecule has 126 valence electrons. The standard InChI is InChI=1S/C18H15N3O4/c1-25-15-7-4-12-8-13(17(22)20-16(12)9-15)10-19-21-14-5-2-11(3-6-14)18(23)24/h2-10,21H,1H3,(H,20,22)(H,23,24)/b19-10+. The number of fused-ring (bicyclic) bond motifs is 1. The van der Waals surface area contributed by atoms with Crippen molar-refractivity contribution in [3.8, 4) is 5.75 Å². The number of nitrogens with one attached hydrogen (secondary N) is 2. The van der Waals surface area contributed by atoms with Crippen LogP contribution in [0.2, 0.25) is 0 Å². The summed E-state index contributed by atoms with van der Waals surface area (Å²) in [7, 11) is 1.56. The fourth-order valence-corrected chi connectivity index (χ4v) is 2.28. The van der Waals surface area contributed by atoms with Crippen LogP contribution in [0.25, 0.3) is 10.9 Å². The van der Waals surface area contributed by atoms with Crippen molar-refractivity contribution in [1.82, 2.24) is 4.98 Å². The predicted molar refractivity (Wildman–Crippen MR) is 95.7 cm³/mol. The summed E-state index contributed by atoms with van der Waals surface area (Å²) in [6.07, 6.45) is 1.41. The number of aromatic nitrogens is 1. The summed E-state index contributed by atoms with van der Waals surface area (Å²) in [5.74, 6) is -0.328. The number of anilines is 1. The number of hydrogen-bond donors (Lipinski definition) is 3. The molecule has 0 fully saturated rings. The number of carboxylic acids is 1. The highest BCUT2D eigenvalue weighted by molar-refractivity contribution is 5.89. The van der Waals surface area contributed by atoms with Crippen LogP contribution in [-0.2, 0) is 0 Å². The van der Waals surface area contributed by atoms with Crippen molar-refractivity contribution < 1.29 is 14.6 Å². The molecule has 0 aliphatic rings. The molecular formula is C18H15N3O4. The second-order valence-electron chi connectivity index (χ2n) is 5.26.